The predicted molar refractivity (Wildman–Crippen MR) is 162 cm³/mol. The van der Waals surface area contributed by atoms with E-state index in [0.717, 1.165) is 17.0 Å². The molecule has 43 heavy (non-hydrogen) atoms. The molecule has 10 heteroatoms. The Balaban J connectivity index is 1.64. The number of benzene rings is 3. The minimum absolute atomic E-state index is 0.0685. The molecule has 4 amide bonds. The highest BCUT2D eigenvalue weighted by Gasteiger charge is 2.41. The Morgan fingerprint density at radius 1 is 0.791 bits per heavy atom. The topological polar surface area (TPSA) is 90.0 Å². The summed E-state index contributed by atoms with van der Waals surface area (Å²) in [5.74, 6) is -3.99. The molecule has 1 N–H and O–H groups in total. The van der Waals surface area contributed by atoms with Crippen LogP contribution in [0.5, 0.6) is 0 Å². The van der Waals surface area contributed by atoms with Crippen molar-refractivity contribution in [1.82, 2.24) is 5.32 Å². The van der Waals surface area contributed by atoms with Crippen molar-refractivity contribution >= 4 is 40.7 Å². The third-order valence-corrected chi connectivity index (χ3v) is 6.84. The molecule has 1 aliphatic rings. The Morgan fingerprint density at radius 2 is 1.28 bits per heavy atom. The first-order chi connectivity index (χ1) is 20.4. The zero-order chi connectivity index (χ0) is 31.3. The number of fused-ring (bicyclic) bond motifs is 1. The third kappa shape index (κ3) is 7.63. The monoisotopic (exact) mass is 590 g/mol. The second-order valence-corrected chi connectivity index (χ2v) is 11.4. The lowest BCUT2D eigenvalue weighted by Gasteiger charge is -2.27. The molecule has 1 heterocycles. The maximum absolute atomic E-state index is 13.9. The van der Waals surface area contributed by atoms with Gasteiger partial charge < -0.3 is 20.0 Å². The molecule has 0 aromatic heterocycles. The van der Waals surface area contributed by atoms with Crippen LogP contribution in [0.2, 0.25) is 0 Å². The molecule has 0 aliphatic carbocycles. The average molecular weight is 591 g/mol. The molecule has 0 bridgehead atoms. The summed E-state index contributed by atoms with van der Waals surface area (Å²) in [6, 6.07) is 16.8. The summed E-state index contributed by atoms with van der Waals surface area (Å²) in [6.45, 7) is 7.93. The van der Waals surface area contributed by atoms with E-state index in [1.807, 2.05) is 27.7 Å². The van der Waals surface area contributed by atoms with Crippen LogP contribution in [-0.2, 0) is 25.6 Å². The SMILES string of the molecule is CC(C)CN1C(=O)C(NC(=O)CN(C(=O)Cc2cc(F)cc(F)c2)c2ccccc2)C(=O)N(CC(C)C)c2ccccc21. The van der Waals surface area contributed by atoms with Crippen molar-refractivity contribution in [3.8, 4) is 0 Å². The van der Waals surface area contributed by atoms with Crippen LogP contribution in [0, 0.1) is 23.5 Å². The molecule has 0 saturated heterocycles. The Labute approximate surface area is 250 Å². The molecule has 0 unspecified atom stereocenters. The van der Waals surface area contributed by atoms with Gasteiger partial charge in [0.05, 0.1) is 17.8 Å². The summed E-state index contributed by atoms with van der Waals surface area (Å²) in [5, 5.41) is 2.60. The number of rotatable bonds is 10. The molecule has 0 radical (unpaired) electrons. The van der Waals surface area contributed by atoms with Crippen LogP contribution in [0.1, 0.15) is 33.3 Å². The van der Waals surface area contributed by atoms with Crippen LogP contribution in [0.15, 0.2) is 72.8 Å². The highest BCUT2D eigenvalue weighted by molar-refractivity contribution is 6.21. The van der Waals surface area contributed by atoms with Gasteiger partial charge >= 0.3 is 0 Å². The molecule has 4 rings (SSSR count). The lowest BCUT2D eigenvalue weighted by molar-refractivity contribution is -0.134. The van der Waals surface area contributed by atoms with Crippen LogP contribution >= 0.6 is 0 Å². The van der Waals surface area contributed by atoms with E-state index in [1.54, 1.807) is 54.6 Å². The van der Waals surface area contributed by atoms with E-state index in [0.29, 0.717) is 36.2 Å². The largest absolute Gasteiger partial charge is 0.335 e. The number of anilines is 3. The number of hydrogen-bond donors (Lipinski definition) is 1. The number of hydrogen-bond acceptors (Lipinski definition) is 4. The van der Waals surface area contributed by atoms with Crippen LogP contribution in [0.4, 0.5) is 25.8 Å². The molecule has 226 valence electrons. The predicted octanol–water partition coefficient (Wildman–Crippen LogP) is 4.72. The highest BCUT2D eigenvalue weighted by atomic mass is 19.1. The van der Waals surface area contributed by atoms with E-state index in [9.17, 15) is 28.0 Å². The summed E-state index contributed by atoms with van der Waals surface area (Å²) in [7, 11) is 0. The average Bonchev–Trinajstić information content (AvgIpc) is 3.01. The molecule has 8 nitrogen and oxygen atoms in total. The van der Waals surface area contributed by atoms with Gasteiger partial charge in [0.2, 0.25) is 11.8 Å². The summed E-state index contributed by atoms with van der Waals surface area (Å²) in [5.41, 5.74) is 1.63. The molecule has 1 aliphatic heterocycles. The van der Waals surface area contributed by atoms with Crippen molar-refractivity contribution in [1.29, 1.82) is 0 Å². The van der Waals surface area contributed by atoms with Crippen LogP contribution in [0.25, 0.3) is 0 Å². The van der Waals surface area contributed by atoms with Crippen molar-refractivity contribution in [3.63, 3.8) is 0 Å². The standard InChI is InChI=1S/C33H36F2N4O4/c1-21(2)18-38-27-12-8-9-13-28(27)39(19-22(3)4)33(43)31(32(38)42)36-29(40)20-37(26-10-6-5-7-11-26)30(41)16-23-14-24(34)17-25(35)15-23/h5-15,17,21-22,31H,16,18-20H2,1-4H3,(H,36,40). The lowest BCUT2D eigenvalue weighted by Crippen LogP contribution is -2.58. The van der Waals surface area contributed by atoms with Crippen LogP contribution in [0.3, 0.4) is 0 Å². The third-order valence-electron chi connectivity index (χ3n) is 6.84. The van der Waals surface area contributed by atoms with Crippen molar-refractivity contribution in [2.24, 2.45) is 11.8 Å². The minimum Gasteiger partial charge on any atom is -0.335 e. The first-order valence-electron chi connectivity index (χ1n) is 14.3. The number of para-hydroxylation sites is 3. The van der Waals surface area contributed by atoms with E-state index in [-0.39, 0.29) is 23.8 Å². The van der Waals surface area contributed by atoms with Crippen molar-refractivity contribution in [2.75, 3.05) is 34.3 Å². The smallest absolute Gasteiger partial charge is 0.259 e. The van der Waals surface area contributed by atoms with E-state index in [2.05, 4.69) is 5.32 Å². The summed E-state index contributed by atoms with van der Waals surface area (Å²) >= 11 is 0. The van der Waals surface area contributed by atoms with Gasteiger partial charge in [-0.25, -0.2) is 8.78 Å². The minimum atomic E-state index is -1.53. The number of halogens is 2. The van der Waals surface area contributed by atoms with Gasteiger partial charge in [0.25, 0.3) is 11.8 Å². The van der Waals surface area contributed by atoms with Gasteiger partial charge in [-0.15, -0.1) is 0 Å². The van der Waals surface area contributed by atoms with E-state index in [4.69, 9.17) is 0 Å². The number of amides is 4. The zero-order valence-corrected chi connectivity index (χ0v) is 24.7. The van der Waals surface area contributed by atoms with Gasteiger partial charge in [-0.05, 0) is 53.8 Å². The molecule has 0 saturated carbocycles. The van der Waals surface area contributed by atoms with E-state index in [1.165, 1.54) is 9.80 Å². The molecule has 0 atom stereocenters. The van der Waals surface area contributed by atoms with Gasteiger partial charge in [0, 0.05) is 24.8 Å². The van der Waals surface area contributed by atoms with Gasteiger partial charge in [0.1, 0.15) is 18.2 Å². The number of nitrogens with one attached hydrogen (secondary N) is 1. The Bertz CT molecular complexity index is 1430. The van der Waals surface area contributed by atoms with Crippen LogP contribution in [-0.4, -0.2) is 49.3 Å². The number of carbonyl (C=O) groups is 4. The number of nitrogens with zero attached hydrogens (tertiary/aromatic N) is 3. The Hall–Kier alpha value is -4.60. The second-order valence-electron chi connectivity index (χ2n) is 11.4. The molecular weight excluding hydrogens is 554 g/mol. The zero-order valence-electron chi connectivity index (χ0n) is 24.7. The van der Waals surface area contributed by atoms with E-state index < -0.39 is 47.8 Å². The summed E-state index contributed by atoms with van der Waals surface area (Å²) < 4.78 is 27.6. The van der Waals surface area contributed by atoms with Crippen molar-refractivity contribution in [3.05, 3.63) is 90.0 Å². The first-order valence-corrected chi connectivity index (χ1v) is 14.3. The Morgan fingerprint density at radius 3 is 1.77 bits per heavy atom. The fourth-order valence-corrected chi connectivity index (χ4v) is 5.07. The van der Waals surface area contributed by atoms with Gasteiger partial charge in [-0.3, -0.25) is 19.2 Å². The van der Waals surface area contributed by atoms with Crippen molar-refractivity contribution in [2.45, 2.75) is 40.2 Å². The molecule has 3 aromatic carbocycles. The quantitative estimate of drug-likeness (QED) is 0.346. The summed E-state index contributed by atoms with van der Waals surface area (Å²) in [6.07, 6.45) is -0.377. The molecule has 3 aromatic rings. The fraction of sp³-hybridized carbons (Fsp3) is 0.333. The summed E-state index contributed by atoms with van der Waals surface area (Å²) in [4.78, 5) is 59.0. The number of carbonyl (C=O) groups excluding carboxylic acids is 4. The molecule has 0 spiro atoms. The van der Waals surface area contributed by atoms with Crippen LogP contribution < -0.4 is 20.0 Å². The highest BCUT2D eigenvalue weighted by Crippen LogP contribution is 2.34. The lowest BCUT2D eigenvalue weighted by atomic mass is 10.1. The van der Waals surface area contributed by atoms with E-state index >= 15 is 0 Å². The maximum atomic E-state index is 13.9. The maximum Gasteiger partial charge on any atom is 0.259 e. The fourth-order valence-electron chi connectivity index (χ4n) is 5.07. The first kappa shape index (κ1) is 31.3. The van der Waals surface area contributed by atoms with Gasteiger partial charge in [-0.2, -0.15) is 0 Å². The van der Waals surface area contributed by atoms with Gasteiger partial charge in [0.15, 0.2) is 6.04 Å². The second kappa shape index (κ2) is 13.6. The van der Waals surface area contributed by atoms with Crippen molar-refractivity contribution < 1.29 is 28.0 Å². The molecular formula is C33H36F2N4O4. The van der Waals surface area contributed by atoms with Gasteiger partial charge in [-0.1, -0.05) is 58.0 Å². The Kier molecular flexibility index (Phi) is 9.90. The molecule has 0 fully saturated rings. The normalized spacial score (nSPS) is 13.8.